The van der Waals surface area contributed by atoms with E-state index in [0.29, 0.717) is 11.4 Å². The summed E-state index contributed by atoms with van der Waals surface area (Å²) in [4.78, 5) is 28.8. The lowest BCUT2D eigenvalue weighted by atomic mass is 10.00. The van der Waals surface area contributed by atoms with E-state index < -0.39 is 0 Å². The van der Waals surface area contributed by atoms with Gasteiger partial charge in [0.15, 0.2) is 5.78 Å². The van der Waals surface area contributed by atoms with Crippen molar-refractivity contribution < 1.29 is 12.4 Å². The number of ketones is 1. The van der Waals surface area contributed by atoms with E-state index in [1.54, 1.807) is 13.2 Å². The van der Waals surface area contributed by atoms with Gasteiger partial charge in [-0.05, 0) is 30.7 Å². The summed E-state index contributed by atoms with van der Waals surface area (Å²) in [5.74, 6) is -0.489. The van der Waals surface area contributed by atoms with E-state index in [4.69, 9.17) is 0 Å². The summed E-state index contributed by atoms with van der Waals surface area (Å²) in [7, 11) is 1.70. The topological polar surface area (TPSA) is 71.1 Å². The number of aromatic nitrogens is 1. The first kappa shape index (κ1) is 18.8. The van der Waals surface area contributed by atoms with Crippen LogP contribution in [0.1, 0.15) is 39.7 Å². The molecule has 0 fully saturated rings. The molecule has 2 rings (SSSR count). The van der Waals surface area contributed by atoms with Gasteiger partial charge in [-0.15, -0.1) is 0 Å². The number of anilines is 1. The summed E-state index contributed by atoms with van der Waals surface area (Å²) in [5, 5.41) is 5.60. The van der Waals surface area contributed by atoms with Gasteiger partial charge in [0.05, 0.1) is 12.2 Å². The van der Waals surface area contributed by atoms with Crippen LogP contribution < -0.4 is 10.6 Å². The van der Waals surface area contributed by atoms with Gasteiger partial charge in [0.2, 0.25) is 5.91 Å². The van der Waals surface area contributed by atoms with Crippen LogP contribution in [0.2, 0.25) is 0 Å². The van der Waals surface area contributed by atoms with Crippen LogP contribution in [0.25, 0.3) is 11.1 Å². The zero-order chi connectivity index (χ0) is 18.4. The highest BCUT2D eigenvalue weighted by Crippen LogP contribution is 2.26. The molecule has 5 nitrogen and oxygen atoms in total. The molecule has 1 amide bonds. The molecule has 0 radical (unpaired) electrons. The van der Waals surface area contributed by atoms with E-state index in [1.807, 2.05) is 32.0 Å². The second kappa shape index (κ2) is 8.53. The van der Waals surface area contributed by atoms with E-state index >= 15 is 0 Å². The normalized spacial score (nSPS) is 10.8. The molecule has 0 atom stereocenters. The molecule has 0 aliphatic rings. The summed E-state index contributed by atoms with van der Waals surface area (Å²) < 4.78 is 0. The van der Waals surface area contributed by atoms with Crippen molar-refractivity contribution in [2.75, 3.05) is 18.9 Å². The Labute approximate surface area is 151 Å². The standard InChI is InChI=1S/C20H25N3O2.2H2/c1-5-14-7-6-8-15(9-14)16-10-17(23-18(24)12-21-4)19(22-11-16)20(25)13(2)3;;/h6-11,13,21H,5,12H2,1-4H3,(H,23,24);2*1H. The highest BCUT2D eigenvalue weighted by molar-refractivity contribution is 6.05. The van der Waals surface area contributed by atoms with Gasteiger partial charge in [0.25, 0.3) is 0 Å². The van der Waals surface area contributed by atoms with E-state index in [1.165, 1.54) is 5.56 Å². The molecule has 0 unspecified atom stereocenters. The van der Waals surface area contributed by atoms with Crippen LogP contribution in [0.3, 0.4) is 0 Å². The fourth-order valence-electron chi connectivity index (χ4n) is 2.51. The number of carbonyl (C=O) groups is 2. The molecule has 136 valence electrons. The Bertz CT molecular complexity index is 780. The number of rotatable bonds is 7. The second-order valence-electron chi connectivity index (χ2n) is 6.27. The van der Waals surface area contributed by atoms with Crippen LogP contribution in [-0.2, 0) is 11.2 Å². The van der Waals surface area contributed by atoms with Crippen molar-refractivity contribution in [2.45, 2.75) is 27.2 Å². The molecular formula is C20H29N3O2. The largest absolute Gasteiger partial charge is 0.323 e. The van der Waals surface area contributed by atoms with Crippen molar-refractivity contribution >= 4 is 17.4 Å². The van der Waals surface area contributed by atoms with Gasteiger partial charge in [-0.25, -0.2) is 0 Å². The average molecular weight is 343 g/mol. The molecule has 1 aromatic carbocycles. The number of amides is 1. The molecule has 2 N–H and O–H groups in total. The fourth-order valence-corrected chi connectivity index (χ4v) is 2.51. The Balaban J connectivity index is 0.00000338. The molecule has 1 aromatic heterocycles. The van der Waals surface area contributed by atoms with Crippen molar-refractivity contribution in [1.29, 1.82) is 0 Å². The Morgan fingerprint density at radius 2 is 1.96 bits per heavy atom. The van der Waals surface area contributed by atoms with E-state index in [2.05, 4.69) is 34.7 Å². The van der Waals surface area contributed by atoms with Gasteiger partial charge >= 0.3 is 0 Å². The molecule has 0 saturated carbocycles. The molecule has 0 spiro atoms. The number of likely N-dealkylation sites (N-methyl/N-ethyl adjacent to an activating group) is 1. The number of Topliss-reactive ketones (excluding diaryl/α,β-unsaturated/α-hetero) is 1. The molecule has 0 aliphatic carbocycles. The maximum absolute atomic E-state index is 12.4. The monoisotopic (exact) mass is 343 g/mol. The Hall–Kier alpha value is -2.53. The van der Waals surface area contributed by atoms with Gasteiger partial charge in [-0.3, -0.25) is 14.6 Å². The first-order valence-corrected chi connectivity index (χ1v) is 8.54. The van der Waals surface area contributed by atoms with Crippen molar-refractivity contribution in [3.63, 3.8) is 0 Å². The summed E-state index contributed by atoms with van der Waals surface area (Å²) in [5.41, 5.74) is 3.86. The van der Waals surface area contributed by atoms with Gasteiger partial charge in [0, 0.05) is 20.5 Å². The predicted octanol–water partition coefficient (Wildman–Crippen LogP) is 3.80. The first-order chi connectivity index (χ1) is 12.0. The third-order valence-electron chi connectivity index (χ3n) is 3.93. The molecule has 0 saturated heterocycles. The van der Waals surface area contributed by atoms with Crippen LogP contribution in [0, 0.1) is 5.92 Å². The highest BCUT2D eigenvalue weighted by atomic mass is 16.2. The number of pyridine rings is 1. The predicted molar refractivity (Wildman–Crippen MR) is 105 cm³/mol. The van der Waals surface area contributed by atoms with Crippen molar-refractivity contribution in [3.05, 3.63) is 47.8 Å². The average Bonchev–Trinajstić information content (AvgIpc) is 2.61. The maximum atomic E-state index is 12.4. The van der Waals surface area contributed by atoms with Gasteiger partial charge in [-0.1, -0.05) is 45.0 Å². The Kier molecular flexibility index (Phi) is 6.42. The zero-order valence-electron chi connectivity index (χ0n) is 15.2. The molecule has 0 bridgehead atoms. The minimum atomic E-state index is -0.207. The van der Waals surface area contributed by atoms with Crippen LogP contribution in [0.5, 0.6) is 0 Å². The molecule has 5 heteroatoms. The third kappa shape index (κ3) is 4.73. The van der Waals surface area contributed by atoms with Crippen LogP contribution >= 0.6 is 0 Å². The molecular weight excluding hydrogens is 314 g/mol. The lowest BCUT2D eigenvalue weighted by Gasteiger charge is -2.13. The van der Waals surface area contributed by atoms with Crippen molar-refractivity contribution in [2.24, 2.45) is 5.92 Å². The van der Waals surface area contributed by atoms with E-state index in [-0.39, 0.29) is 27.0 Å². The summed E-state index contributed by atoms with van der Waals surface area (Å²) in [6.45, 7) is 5.92. The quantitative estimate of drug-likeness (QED) is 0.750. The molecule has 0 aliphatic heterocycles. The van der Waals surface area contributed by atoms with Crippen LogP contribution in [-0.4, -0.2) is 30.3 Å². The van der Waals surface area contributed by atoms with Crippen LogP contribution in [0.15, 0.2) is 36.5 Å². The molecule has 1 heterocycles. The van der Waals surface area contributed by atoms with Crippen molar-refractivity contribution in [3.8, 4) is 11.1 Å². The lowest BCUT2D eigenvalue weighted by Crippen LogP contribution is -2.26. The van der Waals surface area contributed by atoms with Crippen molar-refractivity contribution in [1.82, 2.24) is 10.3 Å². The first-order valence-electron chi connectivity index (χ1n) is 8.54. The number of aryl methyl sites for hydroxylation is 1. The summed E-state index contributed by atoms with van der Waals surface area (Å²) in [6, 6.07) is 9.99. The smallest absolute Gasteiger partial charge is 0.238 e. The second-order valence-corrected chi connectivity index (χ2v) is 6.27. The van der Waals surface area contributed by atoms with Gasteiger partial charge in [-0.2, -0.15) is 0 Å². The minimum Gasteiger partial charge on any atom is -0.323 e. The van der Waals surface area contributed by atoms with Crippen LogP contribution in [0.4, 0.5) is 5.69 Å². The Morgan fingerprint density at radius 3 is 2.60 bits per heavy atom. The summed E-state index contributed by atoms with van der Waals surface area (Å²) >= 11 is 0. The minimum absolute atomic E-state index is 0. The number of benzene rings is 1. The van der Waals surface area contributed by atoms with Gasteiger partial charge in [0.1, 0.15) is 5.69 Å². The molecule has 25 heavy (non-hydrogen) atoms. The van der Waals surface area contributed by atoms with Gasteiger partial charge < -0.3 is 10.6 Å². The number of hydrogen-bond donors (Lipinski definition) is 2. The fraction of sp³-hybridized carbons (Fsp3) is 0.350. The Morgan fingerprint density at radius 1 is 1.20 bits per heavy atom. The molecule has 2 aromatic rings. The number of nitrogens with zero attached hydrogens (tertiary/aromatic N) is 1. The third-order valence-corrected chi connectivity index (χ3v) is 3.93. The number of carbonyl (C=O) groups excluding carboxylic acids is 2. The maximum Gasteiger partial charge on any atom is 0.238 e. The highest BCUT2D eigenvalue weighted by Gasteiger charge is 2.19. The van der Waals surface area contributed by atoms with E-state index in [9.17, 15) is 9.59 Å². The number of hydrogen-bond acceptors (Lipinski definition) is 4. The SMILES string of the molecule is CCc1cccc(-c2cnc(C(=O)C(C)C)c(NC(=O)CNC)c2)c1.[HH].[HH]. The zero-order valence-corrected chi connectivity index (χ0v) is 15.2. The van der Waals surface area contributed by atoms with E-state index in [0.717, 1.165) is 17.5 Å². The lowest BCUT2D eigenvalue weighted by molar-refractivity contribution is -0.115. The number of nitrogens with one attached hydrogen (secondary N) is 2. The summed E-state index contributed by atoms with van der Waals surface area (Å²) in [6.07, 6.45) is 2.63.